The predicted octanol–water partition coefficient (Wildman–Crippen LogP) is 3.24. The average Bonchev–Trinajstić information content (AvgIpc) is 2.92. The average molecular weight is 373 g/mol. The molecule has 2 heterocycles. The van der Waals surface area contributed by atoms with Crippen LogP contribution in [0.2, 0.25) is 0 Å². The van der Waals surface area contributed by atoms with Gasteiger partial charge in [0.05, 0.1) is 4.90 Å². The fraction of sp³-hybridized carbons (Fsp3) is 0.235. The lowest BCUT2D eigenvalue weighted by Gasteiger charge is -2.13. The van der Waals surface area contributed by atoms with Crippen LogP contribution in [0.1, 0.15) is 22.5 Å². The molecule has 2 aromatic heterocycles. The van der Waals surface area contributed by atoms with Crippen LogP contribution in [0.5, 0.6) is 0 Å². The minimum atomic E-state index is -3.76. The molecule has 0 amide bonds. The van der Waals surface area contributed by atoms with Gasteiger partial charge in [-0.2, -0.15) is 0 Å². The van der Waals surface area contributed by atoms with Crippen LogP contribution in [-0.4, -0.2) is 23.8 Å². The van der Waals surface area contributed by atoms with Crippen LogP contribution in [0.4, 0.5) is 17.5 Å². The minimum absolute atomic E-state index is 0.131. The zero-order valence-electron chi connectivity index (χ0n) is 14.9. The molecular weight excluding hydrogens is 354 g/mol. The monoisotopic (exact) mass is 373 g/mol. The molecule has 1 aromatic carbocycles. The number of aryl methyl sites for hydroxylation is 4. The summed E-state index contributed by atoms with van der Waals surface area (Å²) in [7, 11) is -3.76. The molecule has 3 aromatic rings. The van der Waals surface area contributed by atoms with E-state index in [2.05, 4.69) is 25.4 Å². The van der Waals surface area contributed by atoms with E-state index in [1.54, 1.807) is 32.9 Å². The van der Waals surface area contributed by atoms with Crippen LogP contribution >= 0.6 is 0 Å². The molecule has 0 atom stereocenters. The number of anilines is 3. The smallest absolute Gasteiger partial charge is 0.263 e. The number of benzene rings is 1. The van der Waals surface area contributed by atoms with Crippen molar-refractivity contribution in [3.05, 3.63) is 52.8 Å². The van der Waals surface area contributed by atoms with Crippen molar-refractivity contribution in [2.24, 2.45) is 0 Å². The number of nitrogens with zero attached hydrogens (tertiary/aromatic N) is 3. The second-order valence-corrected chi connectivity index (χ2v) is 7.70. The van der Waals surface area contributed by atoms with Crippen LogP contribution in [0.3, 0.4) is 0 Å². The highest BCUT2D eigenvalue weighted by Gasteiger charge is 2.20. The molecule has 0 radical (unpaired) electrons. The Bertz CT molecular complexity index is 1020. The molecule has 136 valence electrons. The SMILES string of the molecule is Cc1cc(C)c(S(=O)(=O)Nc2ccc(Nc3cc(C)on3)nn2)c(C)c1. The zero-order valence-corrected chi connectivity index (χ0v) is 15.7. The lowest BCUT2D eigenvalue weighted by Crippen LogP contribution is -2.17. The van der Waals surface area contributed by atoms with Crippen LogP contribution in [0.25, 0.3) is 0 Å². The first-order chi connectivity index (χ1) is 12.2. The second kappa shape index (κ2) is 6.75. The maximum Gasteiger partial charge on any atom is 0.263 e. The van der Waals surface area contributed by atoms with Crippen molar-refractivity contribution in [1.82, 2.24) is 15.4 Å². The minimum Gasteiger partial charge on any atom is -0.360 e. The summed E-state index contributed by atoms with van der Waals surface area (Å²) >= 11 is 0. The third-order valence-electron chi connectivity index (χ3n) is 3.66. The van der Waals surface area contributed by atoms with Crippen molar-refractivity contribution in [2.45, 2.75) is 32.6 Å². The molecule has 0 aliphatic carbocycles. The number of hydrogen-bond donors (Lipinski definition) is 2. The molecule has 0 aliphatic heterocycles. The normalized spacial score (nSPS) is 11.4. The summed E-state index contributed by atoms with van der Waals surface area (Å²) < 4.78 is 32.9. The first kappa shape index (κ1) is 17.9. The van der Waals surface area contributed by atoms with Gasteiger partial charge in [-0.05, 0) is 51.0 Å². The van der Waals surface area contributed by atoms with Crippen molar-refractivity contribution >= 4 is 27.5 Å². The van der Waals surface area contributed by atoms with Gasteiger partial charge in [0.2, 0.25) is 0 Å². The summed E-state index contributed by atoms with van der Waals surface area (Å²) in [6, 6.07) is 8.50. The van der Waals surface area contributed by atoms with Crippen molar-refractivity contribution in [2.75, 3.05) is 10.0 Å². The van der Waals surface area contributed by atoms with Crippen LogP contribution in [0.15, 0.2) is 39.8 Å². The highest BCUT2D eigenvalue weighted by atomic mass is 32.2. The van der Waals surface area contributed by atoms with Gasteiger partial charge in [0, 0.05) is 6.07 Å². The molecule has 2 N–H and O–H groups in total. The fourth-order valence-electron chi connectivity index (χ4n) is 2.79. The number of rotatable bonds is 5. The molecule has 3 rings (SSSR count). The summed E-state index contributed by atoms with van der Waals surface area (Å²) in [5.41, 5.74) is 2.38. The van der Waals surface area contributed by atoms with Gasteiger partial charge < -0.3 is 9.84 Å². The molecule has 0 unspecified atom stereocenters. The Morgan fingerprint density at radius 3 is 2.04 bits per heavy atom. The van der Waals surface area contributed by atoms with Gasteiger partial charge >= 0.3 is 0 Å². The van der Waals surface area contributed by atoms with E-state index in [1.165, 1.54) is 6.07 Å². The number of hydrogen-bond acceptors (Lipinski definition) is 7. The zero-order chi connectivity index (χ0) is 18.9. The van der Waals surface area contributed by atoms with Crippen molar-refractivity contribution in [3.63, 3.8) is 0 Å². The number of nitrogens with one attached hydrogen (secondary N) is 2. The van der Waals surface area contributed by atoms with E-state index in [0.717, 1.165) is 5.56 Å². The molecule has 0 spiro atoms. The highest BCUT2D eigenvalue weighted by molar-refractivity contribution is 7.92. The lowest BCUT2D eigenvalue weighted by atomic mass is 10.1. The Kier molecular flexibility index (Phi) is 4.64. The van der Waals surface area contributed by atoms with Crippen LogP contribution < -0.4 is 10.0 Å². The van der Waals surface area contributed by atoms with Crippen LogP contribution in [0, 0.1) is 27.7 Å². The predicted molar refractivity (Wildman–Crippen MR) is 98.0 cm³/mol. The van der Waals surface area contributed by atoms with E-state index in [-0.39, 0.29) is 10.7 Å². The summed E-state index contributed by atoms with van der Waals surface area (Å²) in [4.78, 5) is 0.255. The maximum absolute atomic E-state index is 12.7. The molecule has 0 fully saturated rings. The first-order valence-electron chi connectivity index (χ1n) is 7.89. The van der Waals surface area contributed by atoms with Gasteiger partial charge in [0.15, 0.2) is 17.5 Å². The Balaban J connectivity index is 1.80. The number of sulfonamides is 1. The Morgan fingerprint density at radius 2 is 1.50 bits per heavy atom. The van der Waals surface area contributed by atoms with E-state index in [0.29, 0.717) is 28.5 Å². The van der Waals surface area contributed by atoms with E-state index in [9.17, 15) is 8.42 Å². The van der Waals surface area contributed by atoms with Crippen LogP contribution in [-0.2, 0) is 10.0 Å². The molecule has 9 heteroatoms. The summed E-state index contributed by atoms with van der Waals surface area (Å²) in [5.74, 6) is 1.71. The summed E-state index contributed by atoms with van der Waals surface area (Å²) in [5, 5.41) is 14.6. The standard InChI is InChI=1S/C17H19N5O3S/c1-10-7-11(2)17(12(3)8-10)26(23,24)22-15-6-5-14(19-20-15)18-16-9-13(4)25-21-16/h5-9H,1-4H3,(H,20,22)(H,18,19,21). The highest BCUT2D eigenvalue weighted by Crippen LogP contribution is 2.24. The van der Waals surface area contributed by atoms with Gasteiger partial charge in [-0.25, -0.2) is 8.42 Å². The summed E-state index contributed by atoms with van der Waals surface area (Å²) in [6.07, 6.45) is 0. The number of aromatic nitrogens is 3. The Hall–Kier alpha value is -2.94. The van der Waals surface area contributed by atoms with E-state index < -0.39 is 10.0 Å². The van der Waals surface area contributed by atoms with Gasteiger partial charge in [-0.15, -0.1) is 10.2 Å². The van der Waals surface area contributed by atoms with E-state index in [4.69, 9.17) is 4.52 Å². The summed E-state index contributed by atoms with van der Waals surface area (Å²) in [6.45, 7) is 7.24. The molecule has 8 nitrogen and oxygen atoms in total. The van der Waals surface area contributed by atoms with Gasteiger partial charge in [-0.1, -0.05) is 22.9 Å². The molecule has 0 bridgehead atoms. The molecule has 0 saturated heterocycles. The lowest BCUT2D eigenvalue weighted by molar-refractivity contribution is 0.400. The fourth-order valence-corrected chi connectivity index (χ4v) is 4.24. The Morgan fingerprint density at radius 1 is 0.885 bits per heavy atom. The third-order valence-corrected chi connectivity index (χ3v) is 5.32. The van der Waals surface area contributed by atoms with Gasteiger partial charge in [0.25, 0.3) is 10.0 Å². The molecule has 26 heavy (non-hydrogen) atoms. The van der Waals surface area contributed by atoms with E-state index >= 15 is 0 Å². The van der Waals surface area contributed by atoms with E-state index in [1.807, 2.05) is 19.1 Å². The maximum atomic E-state index is 12.7. The van der Waals surface area contributed by atoms with Gasteiger partial charge in [-0.3, -0.25) is 4.72 Å². The molecule has 0 aliphatic rings. The molecule has 0 saturated carbocycles. The second-order valence-electron chi connectivity index (χ2n) is 6.08. The molecular formula is C17H19N5O3S. The first-order valence-corrected chi connectivity index (χ1v) is 9.37. The van der Waals surface area contributed by atoms with Crippen molar-refractivity contribution < 1.29 is 12.9 Å². The quantitative estimate of drug-likeness (QED) is 0.706. The Labute approximate surface area is 151 Å². The van der Waals surface area contributed by atoms with Crippen molar-refractivity contribution in [1.29, 1.82) is 0 Å². The third kappa shape index (κ3) is 3.83. The topological polar surface area (TPSA) is 110 Å². The largest absolute Gasteiger partial charge is 0.360 e. The van der Waals surface area contributed by atoms with Crippen molar-refractivity contribution in [3.8, 4) is 0 Å². The van der Waals surface area contributed by atoms with Gasteiger partial charge in [0.1, 0.15) is 5.76 Å².